The molecule has 0 bridgehead atoms. The first-order chi connectivity index (χ1) is 11.3. The fourth-order valence-electron chi connectivity index (χ4n) is 2.72. The van der Waals surface area contributed by atoms with Crippen LogP contribution in [0, 0.1) is 11.6 Å². The van der Waals surface area contributed by atoms with Crippen LogP contribution in [0.3, 0.4) is 0 Å². The van der Waals surface area contributed by atoms with E-state index in [9.17, 15) is 22.0 Å². The number of nitrogens with one attached hydrogen (secondary N) is 1. The van der Waals surface area contributed by atoms with Gasteiger partial charge in [-0.2, -0.15) is 0 Å². The fourth-order valence-corrected chi connectivity index (χ4v) is 4.47. The molecule has 1 amide bonds. The maximum Gasteiger partial charge on any atom is 0.267 e. The van der Waals surface area contributed by atoms with Crippen molar-refractivity contribution in [1.82, 2.24) is 0 Å². The highest BCUT2D eigenvalue weighted by Crippen LogP contribution is 2.36. The molecule has 0 saturated carbocycles. The van der Waals surface area contributed by atoms with E-state index in [1.807, 2.05) is 0 Å². The summed E-state index contributed by atoms with van der Waals surface area (Å²) in [6.07, 6.45) is -0.106. The monoisotopic (exact) mass is 352 g/mol. The van der Waals surface area contributed by atoms with Crippen molar-refractivity contribution in [2.24, 2.45) is 0 Å². The third-order valence-corrected chi connectivity index (χ3v) is 5.70. The van der Waals surface area contributed by atoms with Gasteiger partial charge < -0.3 is 5.32 Å². The number of carbonyl (C=O) groups is 1. The van der Waals surface area contributed by atoms with Gasteiger partial charge in [0, 0.05) is 6.42 Å². The molecule has 5 nitrogen and oxygen atoms in total. The number of sulfonamides is 1. The molecule has 0 saturated heterocycles. The zero-order valence-corrected chi connectivity index (χ0v) is 13.5. The Morgan fingerprint density at radius 1 is 1.12 bits per heavy atom. The Labute approximate surface area is 138 Å². The molecule has 1 atom stereocenters. The van der Waals surface area contributed by atoms with E-state index in [0.717, 1.165) is 22.5 Å². The van der Waals surface area contributed by atoms with E-state index >= 15 is 0 Å². The molecule has 2 aromatic rings. The second-order valence-corrected chi connectivity index (χ2v) is 7.25. The van der Waals surface area contributed by atoms with Gasteiger partial charge in [-0.05, 0) is 31.2 Å². The Balaban J connectivity index is 2.23. The first-order valence-corrected chi connectivity index (χ1v) is 8.63. The topological polar surface area (TPSA) is 66.5 Å². The molecule has 0 fully saturated rings. The number of halogens is 2. The van der Waals surface area contributed by atoms with Crippen LogP contribution in [0.1, 0.15) is 13.3 Å². The summed E-state index contributed by atoms with van der Waals surface area (Å²) in [6, 6.07) is 8.52. The Morgan fingerprint density at radius 3 is 2.58 bits per heavy atom. The summed E-state index contributed by atoms with van der Waals surface area (Å²) in [5.41, 5.74) is 0.506. The Kier molecular flexibility index (Phi) is 4.00. The van der Waals surface area contributed by atoms with E-state index in [1.54, 1.807) is 18.2 Å². The van der Waals surface area contributed by atoms with Crippen LogP contribution in [-0.2, 0) is 14.8 Å². The van der Waals surface area contributed by atoms with Crippen molar-refractivity contribution in [1.29, 1.82) is 0 Å². The Hall–Kier alpha value is -2.48. The second kappa shape index (κ2) is 5.86. The number of hydrogen-bond donors (Lipinski definition) is 1. The molecule has 0 radical (unpaired) electrons. The lowest BCUT2D eigenvalue weighted by atomic mass is 10.2. The summed E-state index contributed by atoms with van der Waals surface area (Å²) in [6.45, 7) is 1.54. The molecule has 1 unspecified atom stereocenters. The maximum absolute atomic E-state index is 14.1. The number of anilines is 2. The Bertz CT molecular complexity index is 915. The number of fused-ring (bicyclic) bond motifs is 1. The van der Waals surface area contributed by atoms with Crippen LogP contribution in [-0.4, -0.2) is 20.4 Å². The highest BCUT2D eigenvalue weighted by molar-refractivity contribution is 7.92. The molecular weight excluding hydrogens is 338 g/mol. The lowest BCUT2D eigenvalue weighted by Gasteiger charge is -2.29. The van der Waals surface area contributed by atoms with Crippen LogP contribution < -0.4 is 9.62 Å². The first-order valence-electron chi connectivity index (χ1n) is 7.19. The van der Waals surface area contributed by atoms with Crippen LogP contribution in [0.5, 0.6) is 0 Å². The van der Waals surface area contributed by atoms with Crippen molar-refractivity contribution in [3.63, 3.8) is 0 Å². The van der Waals surface area contributed by atoms with Crippen LogP contribution >= 0.6 is 0 Å². The average Bonchev–Trinajstić information content (AvgIpc) is 2.64. The quantitative estimate of drug-likeness (QED) is 0.904. The van der Waals surface area contributed by atoms with E-state index in [-0.39, 0.29) is 18.0 Å². The summed E-state index contributed by atoms with van der Waals surface area (Å²) < 4.78 is 54.5. The largest absolute Gasteiger partial charge is 0.324 e. The number of para-hydroxylation sites is 2. The molecule has 0 spiro atoms. The minimum atomic E-state index is -4.40. The van der Waals surface area contributed by atoms with Gasteiger partial charge >= 0.3 is 0 Å². The zero-order chi connectivity index (χ0) is 17.5. The third kappa shape index (κ3) is 2.62. The summed E-state index contributed by atoms with van der Waals surface area (Å²) in [4.78, 5) is 11.2. The lowest BCUT2D eigenvalue weighted by molar-refractivity contribution is -0.116. The number of amides is 1. The third-order valence-electron chi connectivity index (χ3n) is 3.75. The van der Waals surface area contributed by atoms with Gasteiger partial charge in [0.2, 0.25) is 5.91 Å². The summed E-state index contributed by atoms with van der Waals surface area (Å²) >= 11 is 0. The normalized spacial score (nSPS) is 17.9. The standard InChI is InChI=1S/C16H14F2N2O3S/c1-10-9-15(21)19-12-6-2-3-7-13(12)20(10)24(22,23)14-8-4-5-11(17)16(14)18/h2-8,10H,9H2,1H3,(H,19,21). The van der Waals surface area contributed by atoms with Crippen molar-refractivity contribution < 1.29 is 22.0 Å². The zero-order valence-electron chi connectivity index (χ0n) is 12.7. The van der Waals surface area contributed by atoms with Gasteiger partial charge in [0.1, 0.15) is 4.90 Å². The summed E-state index contributed by atoms with van der Waals surface area (Å²) in [7, 11) is -4.40. The Morgan fingerprint density at radius 2 is 1.83 bits per heavy atom. The number of nitrogens with zero attached hydrogens (tertiary/aromatic N) is 1. The van der Waals surface area contributed by atoms with Crippen molar-refractivity contribution >= 4 is 27.3 Å². The van der Waals surface area contributed by atoms with Crippen molar-refractivity contribution in [3.05, 3.63) is 54.1 Å². The molecule has 126 valence electrons. The van der Waals surface area contributed by atoms with Gasteiger partial charge in [-0.1, -0.05) is 18.2 Å². The molecule has 24 heavy (non-hydrogen) atoms. The van der Waals surface area contributed by atoms with Gasteiger partial charge in [-0.15, -0.1) is 0 Å². The fraction of sp³-hybridized carbons (Fsp3) is 0.188. The second-order valence-electron chi connectivity index (χ2n) is 5.47. The van der Waals surface area contributed by atoms with Crippen LogP contribution in [0.25, 0.3) is 0 Å². The molecule has 2 aromatic carbocycles. The highest BCUT2D eigenvalue weighted by Gasteiger charge is 2.36. The van der Waals surface area contributed by atoms with Crippen molar-refractivity contribution in [2.45, 2.75) is 24.3 Å². The number of hydrogen-bond acceptors (Lipinski definition) is 3. The van der Waals surface area contributed by atoms with Gasteiger partial charge in [0.05, 0.1) is 17.4 Å². The maximum atomic E-state index is 14.1. The SMILES string of the molecule is CC1CC(=O)Nc2ccccc2N1S(=O)(=O)c1cccc(F)c1F. The summed E-state index contributed by atoms with van der Waals surface area (Å²) in [5, 5.41) is 2.62. The molecule has 1 aliphatic heterocycles. The van der Waals surface area contributed by atoms with Crippen LogP contribution in [0.2, 0.25) is 0 Å². The van der Waals surface area contributed by atoms with E-state index in [1.165, 1.54) is 13.0 Å². The average molecular weight is 352 g/mol. The summed E-state index contributed by atoms with van der Waals surface area (Å²) in [5.74, 6) is -3.04. The molecule has 0 aromatic heterocycles. The van der Waals surface area contributed by atoms with E-state index < -0.39 is 32.6 Å². The van der Waals surface area contributed by atoms with Crippen LogP contribution in [0.4, 0.5) is 20.2 Å². The number of carbonyl (C=O) groups excluding carboxylic acids is 1. The minimum absolute atomic E-state index is 0.106. The molecule has 8 heteroatoms. The van der Waals surface area contributed by atoms with E-state index in [4.69, 9.17) is 0 Å². The van der Waals surface area contributed by atoms with E-state index in [0.29, 0.717) is 5.69 Å². The number of rotatable bonds is 2. The van der Waals surface area contributed by atoms with Crippen molar-refractivity contribution in [2.75, 3.05) is 9.62 Å². The predicted molar refractivity (Wildman–Crippen MR) is 85.2 cm³/mol. The molecular formula is C16H14F2N2O3S. The smallest absolute Gasteiger partial charge is 0.267 e. The first kappa shape index (κ1) is 16.4. The molecule has 1 aliphatic rings. The van der Waals surface area contributed by atoms with Gasteiger partial charge in [0.15, 0.2) is 11.6 Å². The molecule has 3 rings (SSSR count). The van der Waals surface area contributed by atoms with E-state index in [2.05, 4.69) is 5.32 Å². The number of benzene rings is 2. The molecule has 1 N–H and O–H groups in total. The molecule has 1 heterocycles. The molecule has 0 aliphatic carbocycles. The van der Waals surface area contributed by atoms with Gasteiger partial charge in [-0.25, -0.2) is 17.2 Å². The minimum Gasteiger partial charge on any atom is -0.324 e. The van der Waals surface area contributed by atoms with Crippen LogP contribution in [0.15, 0.2) is 47.4 Å². The highest BCUT2D eigenvalue weighted by atomic mass is 32.2. The lowest BCUT2D eigenvalue weighted by Crippen LogP contribution is -2.39. The van der Waals surface area contributed by atoms with Gasteiger partial charge in [0.25, 0.3) is 10.0 Å². The van der Waals surface area contributed by atoms with Gasteiger partial charge in [-0.3, -0.25) is 9.10 Å². The predicted octanol–water partition coefficient (Wildman–Crippen LogP) is 2.89. The van der Waals surface area contributed by atoms with Crippen molar-refractivity contribution in [3.8, 4) is 0 Å².